The first-order valence-electron chi connectivity index (χ1n) is 5.97. The van der Waals surface area contributed by atoms with Crippen LogP contribution in [0.25, 0.3) is 0 Å². The predicted octanol–water partition coefficient (Wildman–Crippen LogP) is 3.53. The first-order chi connectivity index (χ1) is 9.13. The SMILES string of the molecule is CC(=O)c1ccc(C#N)cc1N(C)c1ccccc1. The van der Waals surface area contributed by atoms with Crippen molar-refractivity contribution in [2.75, 3.05) is 11.9 Å². The minimum Gasteiger partial charge on any atom is -0.344 e. The number of ketones is 1. The van der Waals surface area contributed by atoms with Crippen molar-refractivity contribution in [1.82, 2.24) is 0 Å². The van der Waals surface area contributed by atoms with Gasteiger partial charge in [0.1, 0.15) is 0 Å². The summed E-state index contributed by atoms with van der Waals surface area (Å²) >= 11 is 0. The maximum atomic E-state index is 11.7. The molecule has 3 heteroatoms. The lowest BCUT2D eigenvalue weighted by atomic mass is 10.1. The van der Waals surface area contributed by atoms with Crippen molar-refractivity contribution < 1.29 is 4.79 Å². The van der Waals surface area contributed by atoms with Gasteiger partial charge in [-0.05, 0) is 37.3 Å². The zero-order valence-electron chi connectivity index (χ0n) is 10.9. The van der Waals surface area contributed by atoms with Crippen molar-refractivity contribution in [3.8, 4) is 6.07 Å². The molecule has 2 rings (SSSR count). The summed E-state index contributed by atoms with van der Waals surface area (Å²) in [7, 11) is 1.89. The van der Waals surface area contributed by atoms with Crippen molar-refractivity contribution in [2.24, 2.45) is 0 Å². The molecule has 2 aromatic rings. The van der Waals surface area contributed by atoms with E-state index in [9.17, 15) is 4.79 Å². The maximum Gasteiger partial charge on any atom is 0.161 e. The molecule has 0 radical (unpaired) electrons. The summed E-state index contributed by atoms with van der Waals surface area (Å²) in [5.74, 6) is -0.0118. The molecule has 0 aliphatic rings. The number of Topliss-reactive ketones (excluding diaryl/α,β-unsaturated/α-hetero) is 1. The molecule has 19 heavy (non-hydrogen) atoms. The molecule has 0 bridgehead atoms. The zero-order valence-corrected chi connectivity index (χ0v) is 10.9. The number of nitriles is 1. The fraction of sp³-hybridized carbons (Fsp3) is 0.125. The number of hydrogen-bond donors (Lipinski definition) is 0. The fourth-order valence-electron chi connectivity index (χ4n) is 1.97. The number of para-hydroxylation sites is 1. The van der Waals surface area contributed by atoms with Crippen molar-refractivity contribution in [3.63, 3.8) is 0 Å². The third-order valence-corrected chi connectivity index (χ3v) is 3.01. The highest BCUT2D eigenvalue weighted by atomic mass is 16.1. The van der Waals surface area contributed by atoms with Crippen LogP contribution in [0.15, 0.2) is 48.5 Å². The van der Waals surface area contributed by atoms with E-state index in [1.165, 1.54) is 6.92 Å². The minimum absolute atomic E-state index is 0.0118. The molecule has 0 unspecified atom stereocenters. The summed E-state index contributed by atoms with van der Waals surface area (Å²) in [5.41, 5.74) is 2.88. The van der Waals surface area contributed by atoms with Crippen molar-refractivity contribution in [2.45, 2.75) is 6.92 Å². The quantitative estimate of drug-likeness (QED) is 0.783. The monoisotopic (exact) mass is 250 g/mol. The molecule has 0 amide bonds. The normalized spacial score (nSPS) is 9.74. The molecule has 2 aromatic carbocycles. The first-order valence-corrected chi connectivity index (χ1v) is 5.97. The Morgan fingerprint density at radius 3 is 2.42 bits per heavy atom. The molecule has 0 atom stereocenters. The lowest BCUT2D eigenvalue weighted by molar-refractivity contribution is 0.101. The number of nitrogens with zero attached hydrogens (tertiary/aromatic N) is 2. The topological polar surface area (TPSA) is 44.1 Å². The second-order valence-electron chi connectivity index (χ2n) is 4.29. The van der Waals surface area contributed by atoms with E-state index >= 15 is 0 Å². The highest BCUT2D eigenvalue weighted by Gasteiger charge is 2.13. The standard InChI is InChI=1S/C16H14N2O/c1-12(19)15-9-8-13(11-17)10-16(15)18(2)14-6-4-3-5-7-14/h3-10H,1-2H3. The largest absolute Gasteiger partial charge is 0.344 e. The van der Waals surface area contributed by atoms with Gasteiger partial charge in [-0.15, -0.1) is 0 Å². The van der Waals surface area contributed by atoms with Crippen molar-refractivity contribution in [3.05, 3.63) is 59.7 Å². The number of anilines is 2. The highest BCUT2D eigenvalue weighted by molar-refractivity contribution is 6.00. The van der Waals surface area contributed by atoms with E-state index in [0.717, 1.165) is 11.4 Å². The van der Waals surface area contributed by atoms with Gasteiger partial charge >= 0.3 is 0 Å². The molecule has 0 N–H and O–H groups in total. The lowest BCUT2D eigenvalue weighted by Gasteiger charge is -2.22. The first kappa shape index (κ1) is 12.8. The molecule has 0 heterocycles. The van der Waals surface area contributed by atoms with Crippen LogP contribution in [0.2, 0.25) is 0 Å². The van der Waals surface area contributed by atoms with Crippen LogP contribution in [-0.2, 0) is 0 Å². The number of carbonyl (C=O) groups excluding carboxylic acids is 1. The molecule has 0 aliphatic heterocycles. The van der Waals surface area contributed by atoms with E-state index in [1.807, 2.05) is 42.3 Å². The van der Waals surface area contributed by atoms with Gasteiger partial charge in [-0.2, -0.15) is 5.26 Å². The molecule has 0 spiro atoms. The molecule has 0 aliphatic carbocycles. The fourth-order valence-corrected chi connectivity index (χ4v) is 1.97. The molecule has 3 nitrogen and oxygen atoms in total. The van der Waals surface area contributed by atoms with E-state index in [0.29, 0.717) is 11.1 Å². The summed E-state index contributed by atoms with van der Waals surface area (Å²) in [6, 6.07) is 16.9. The summed E-state index contributed by atoms with van der Waals surface area (Å²) in [6.07, 6.45) is 0. The summed E-state index contributed by atoms with van der Waals surface area (Å²) in [4.78, 5) is 13.6. The zero-order chi connectivity index (χ0) is 13.8. The van der Waals surface area contributed by atoms with Crippen LogP contribution >= 0.6 is 0 Å². The van der Waals surface area contributed by atoms with E-state index < -0.39 is 0 Å². The maximum absolute atomic E-state index is 11.7. The van der Waals surface area contributed by atoms with Gasteiger partial charge in [0.05, 0.1) is 17.3 Å². The van der Waals surface area contributed by atoms with Crippen LogP contribution in [-0.4, -0.2) is 12.8 Å². The minimum atomic E-state index is -0.0118. The third-order valence-electron chi connectivity index (χ3n) is 3.01. The average Bonchev–Trinajstić information content (AvgIpc) is 2.46. The number of hydrogen-bond acceptors (Lipinski definition) is 3. The van der Waals surface area contributed by atoms with Crippen molar-refractivity contribution >= 4 is 17.2 Å². The smallest absolute Gasteiger partial charge is 0.161 e. The van der Waals surface area contributed by atoms with Gasteiger partial charge in [0, 0.05) is 18.3 Å². The van der Waals surface area contributed by atoms with Crippen LogP contribution in [0.5, 0.6) is 0 Å². The van der Waals surface area contributed by atoms with Gasteiger partial charge < -0.3 is 4.90 Å². The van der Waals surface area contributed by atoms with Gasteiger partial charge in [-0.1, -0.05) is 18.2 Å². The predicted molar refractivity (Wildman–Crippen MR) is 75.7 cm³/mol. The Bertz CT molecular complexity index is 642. The van der Waals surface area contributed by atoms with Gasteiger partial charge in [-0.3, -0.25) is 4.79 Å². The van der Waals surface area contributed by atoms with Crippen LogP contribution in [0, 0.1) is 11.3 Å². The summed E-state index contributed by atoms with van der Waals surface area (Å²) in [5, 5.41) is 8.99. The van der Waals surface area contributed by atoms with Crippen LogP contribution < -0.4 is 4.90 Å². The summed E-state index contributed by atoms with van der Waals surface area (Å²) < 4.78 is 0. The van der Waals surface area contributed by atoms with Crippen LogP contribution in [0.4, 0.5) is 11.4 Å². The Hall–Kier alpha value is -2.60. The molecular formula is C16H14N2O. The number of carbonyl (C=O) groups is 1. The molecule has 0 aromatic heterocycles. The summed E-state index contributed by atoms with van der Waals surface area (Å²) in [6.45, 7) is 1.53. The van der Waals surface area contributed by atoms with Crippen molar-refractivity contribution in [1.29, 1.82) is 5.26 Å². The van der Waals surface area contributed by atoms with Crippen LogP contribution in [0.1, 0.15) is 22.8 Å². The van der Waals surface area contributed by atoms with Gasteiger partial charge in [-0.25, -0.2) is 0 Å². The number of rotatable bonds is 3. The average molecular weight is 250 g/mol. The molecule has 94 valence electrons. The van der Waals surface area contributed by atoms with E-state index in [-0.39, 0.29) is 5.78 Å². The Balaban J connectivity index is 2.54. The Labute approximate surface area is 112 Å². The van der Waals surface area contributed by atoms with Crippen LogP contribution in [0.3, 0.4) is 0 Å². The van der Waals surface area contributed by atoms with E-state index in [1.54, 1.807) is 18.2 Å². The molecule has 0 fully saturated rings. The Kier molecular flexibility index (Phi) is 3.63. The van der Waals surface area contributed by atoms with Gasteiger partial charge in [0.25, 0.3) is 0 Å². The van der Waals surface area contributed by atoms with Gasteiger partial charge in [0.15, 0.2) is 5.78 Å². The molecule has 0 saturated carbocycles. The third kappa shape index (κ3) is 2.63. The highest BCUT2D eigenvalue weighted by Crippen LogP contribution is 2.28. The van der Waals surface area contributed by atoms with E-state index in [2.05, 4.69) is 6.07 Å². The second-order valence-corrected chi connectivity index (χ2v) is 4.29. The molecule has 0 saturated heterocycles. The second kappa shape index (κ2) is 5.36. The molecular weight excluding hydrogens is 236 g/mol. The van der Waals surface area contributed by atoms with E-state index in [4.69, 9.17) is 5.26 Å². The lowest BCUT2D eigenvalue weighted by Crippen LogP contribution is -2.13. The number of benzene rings is 2. The Morgan fingerprint density at radius 1 is 1.16 bits per heavy atom. The Morgan fingerprint density at radius 2 is 1.84 bits per heavy atom. The van der Waals surface area contributed by atoms with Gasteiger partial charge in [0.2, 0.25) is 0 Å².